The number of benzene rings is 2. The minimum absolute atomic E-state index is 0.0569. The smallest absolute Gasteiger partial charge is 0.340 e. The molecule has 0 unspecified atom stereocenters. The molecule has 0 N–H and O–H groups in total. The van der Waals surface area contributed by atoms with Crippen LogP contribution in [0.15, 0.2) is 91.5 Å². The van der Waals surface area contributed by atoms with Crippen molar-refractivity contribution in [2.24, 2.45) is 0 Å². The Kier molecular flexibility index (Phi) is 6.16. The summed E-state index contributed by atoms with van der Waals surface area (Å²) in [4.78, 5) is 18.7. The SMILES string of the molecule is COC(=O)c1cccc(N2CC(Oc3ccc(OCc4cccnc4)cc3)C2)c1-n1cccc1. The van der Waals surface area contributed by atoms with Crippen molar-refractivity contribution in [1.82, 2.24) is 9.55 Å². The fourth-order valence-electron chi connectivity index (χ4n) is 3.98. The van der Waals surface area contributed by atoms with Crippen molar-refractivity contribution in [3.63, 3.8) is 0 Å². The number of rotatable bonds is 8. The zero-order chi connectivity index (χ0) is 23.3. The van der Waals surface area contributed by atoms with Crippen molar-refractivity contribution in [3.05, 3.63) is 103 Å². The van der Waals surface area contributed by atoms with Gasteiger partial charge in [0.1, 0.15) is 24.2 Å². The molecule has 1 saturated heterocycles. The fourth-order valence-corrected chi connectivity index (χ4v) is 3.98. The van der Waals surface area contributed by atoms with Crippen LogP contribution in [0, 0.1) is 0 Å². The predicted molar refractivity (Wildman–Crippen MR) is 129 cm³/mol. The van der Waals surface area contributed by atoms with E-state index in [0.717, 1.165) is 41.5 Å². The molecule has 0 radical (unpaired) electrons. The monoisotopic (exact) mass is 455 g/mol. The maximum atomic E-state index is 12.4. The Labute approximate surface area is 198 Å². The first-order valence-corrected chi connectivity index (χ1v) is 11.1. The van der Waals surface area contributed by atoms with Crippen molar-refractivity contribution in [1.29, 1.82) is 0 Å². The van der Waals surface area contributed by atoms with Crippen LogP contribution in [0.1, 0.15) is 15.9 Å². The van der Waals surface area contributed by atoms with Gasteiger partial charge in [-0.3, -0.25) is 4.98 Å². The first kappa shape index (κ1) is 21.6. The molecule has 0 aliphatic carbocycles. The highest BCUT2D eigenvalue weighted by Gasteiger charge is 2.32. The summed E-state index contributed by atoms with van der Waals surface area (Å²) in [5, 5.41) is 0. The predicted octanol–water partition coefficient (Wildman–Crippen LogP) is 4.51. The molecule has 2 aromatic carbocycles. The van der Waals surface area contributed by atoms with Crippen molar-refractivity contribution in [3.8, 4) is 17.2 Å². The summed E-state index contributed by atoms with van der Waals surface area (Å²) in [6.45, 7) is 1.91. The maximum Gasteiger partial charge on any atom is 0.340 e. The van der Waals surface area contributed by atoms with E-state index in [2.05, 4.69) is 9.88 Å². The third-order valence-electron chi connectivity index (χ3n) is 5.73. The van der Waals surface area contributed by atoms with E-state index in [0.29, 0.717) is 12.2 Å². The lowest BCUT2D eigenvalue weighted by Crippen LogP contribution is -2.54. The molecule has 1 aliphatic heterocycles. The Hall–Kier alpha value is -4.26. The molecule has 0 bridgehead atoms. The molecule has 5 rings (SSSR count). The number of carbonyl (C=O) groups is 1. The Morgan fingerprint density at radius 3 is 2.44 bits per heavy atom. The van der Waals surface area contributed by atoms with Crippen LogP contribution in [0.3, 0.4) is 0 Å². The van der Waals surface area contributed by atoms with Crippen LogP contribution in [-0.4, -0.2) is 41.8 Å². The highest BCUT2D eigenvalue weighted by Crippen LogP contribution is 2.33. The molecule has 7 nitrogen and oxygen atoms in total. The van der Waals surface area contributed by atoms with Crippen molar-refractivity contribution in [2.75, 3.05) is 25.1 Å². The number of para-hydroxylation sites is 1. The molecule has 4 aromatic rings. The van der Waals surface area contributed by atoms with Crippen molar-refractivity contribution < 1.29 is 19.0 Å². The molecule has 7 heteroatoms. The minimum Gasteiger partial charge on any atom is -0.489 e. The van der Waals surface area contributed by atoms with Gasteiger partial charge in [-0.25, -0.2) is 4.79 Å². The average Bonchev–Trinajstić information content (AvgIpc) is 3.40. The van der Waals surface area contributed by atoms with Crippen LogP contribution in [-0.2, 0) is 11.3 Å². The van der Waals surface area contributed by atoms with E-state index in [4.69, 9.17) is 14.2 Å². The number of ether oxygens (including phenoxy) is 3. The summed E-state index contributed by atoms with van der Waals surface area (Å²) < 4.78 is 18.9. The molecule has 0 saturated carbocycles. The van der Waals surface area contributed by atoms with E-state index < -0.39 is 0 Å². The maximum absolute atomic E-state index is 12.4. The number of hydrogen-bond donors (Lipinski definition) is 0. The minimum atomic E-state index is -0.357. The third kappa shape index (κ3) is 4.59. The van der Waals surface area contributed by atoms with E-state index in [-0.39, 0.29) is 12.1 Å². The third-order valence-corrected chi connectivity index (χ3v) is 5.73. The van der Waals surface area contributed by atoms with Gasteiger partial charge in [0, 0.05) is 30.4 Å². The highest BCUT2D eigenvalue weighted by atomic mass is 16.5. The summed E-state index contributed by atoms with van der Waals surface area (Å²) in [6, 6.07) is 21.1. The molecule has 1 aliphatic rings. The molecule has 0 atom stereocenters. The van der Waals surface area contributed by atoms with Crippen LogP contribution in [0.5, 0.6) is 11.5 Å². The van der Waals surface area contributed by atoms with Gasteiger partial charge in [-0.05, 0) is 54.6 Å². The first-order valence-electron chi connectivity index (χ1n) is 11.1. The summed E-state index contributed by atoms with van der Waals surface area (Å²) in [5.41, 5.74) is 3.33. The molecule has 34 heavy (non-hydrogen) atoms. The van der Waals surface area contributed by atoms with Crippen LogP contribution in [0.2, 0.25) is 0 Å². The lowest BCUT2D eigenvalue weighted by molar-refractivity contribution is 0.0600. The Morgan fingerprint density at radius 2 is 1.74 bits per heavy atom. The van der Waals surface area contributed by atoms with Gasteiger partial charge in [-0.15, -0.1) is 0 Å². The molecule has 0 spiro atoms. The van der Waals surface area contributed by atoms with Crippen molar-refractivity contribution in [2.45, 2.75) is 12.7 Å². The number of pyridine rings is 1. The number of aromatic nitrogens is 2. The molecular formula is C27H25N3O4. The van der Waals surface area contributed by atoms with Crippen LogP contribution < -0.4 is 14.4 Å². The Balaban J connectivity index is 1.22. The summed E-state index contributed by atoms with van der Waals surface area (Å²) in [5.74, 6) is 1.22. The molecule has 3 heterocycles. The fraction of sp³-hybridized carbons (Fsp3) is 0.185. The van der Waals surface area contributed by atoms with Gasteiger partial charge in [-0.1, -0.05) is 12.1 Å². The molecule has 2 aromatic heterocycles. The molecular weight excluding hydrogens is 430 g/mol. The zero-order valence-corrected chi connectivity index (χ0v) is 18.8. The van der Waals surface area contributed by atoms with Gasteiger partial charge in [0.05, 0.1) is 37.1 Å². The quantitative estimate of drug-likeness (QED) is 0.365. The van der Waals surface area contributed by atoms with Gasteiger partial charge < -0.3 is 23.7 Å². The van der Waals surface area contributed by atoms with Gasteiger partial charge in [0.2, 0.25) is 0 Å². The lowest BCUT2D eigenvalue weighted by Gasteiger charge is -2.41. The second-order valence-corrected chi connectivity index (χ2v) is 8.02. The standard InChI is InChI=1S/C27H25N3O4/c1-32-27(31)24-7-4-8-25(26(24)29-14-2-3-15-29)30-17-23(18-30)34-22-11-9-21(10-12-22)33-19-20-6-5-13-28-16-20/h2-16,23H,17-19H2,1H3. The van der Waals surface area contributed by atoms with Gasteiger partial charge in [0.15, 0.2) is 0 Å². The van der Waals surface area contributed by atoms with Crippen molar-refractivity contribution >= 4 is 11.7 Å². The summed E-state index contributed by atoms with van der Waals surface area (Å²) >= 11 is 0. The van der Waals surface area contributed by atoms with Gasteiger partial charge in [-0.2, -0.15) is 0 Å². The number of esters is 1. The van der Waals surface area contributed by atoms with E-state index in [1.165, 1.54) is 7.11 Å². The normalized spacial score (nSPS) is 13.3. The van der Waals surface area contributed by atoms with Gasteiger partial charge >= 0.3 is 5.97 Å². The van der Waals surface area contributed by atoms with E-state index >= 15 is 0 Å². The van der Waals surface area contributed by atoms with E-state index in [1.807, 2.05) is 77.6 Å². The van der Waals surface area contributed by atoms with E-state index in [9.17, 15) is 4.79 Å². The second kappa shape index (κ2) is 9.70. The number of hydrogen-bond acceptors (Lipinski definition) is 6. The number of carbonyl (C=O) groups excluding carboxylic acids is 1. The highest BCUT2D eigenvalue weighted by molar-refractivity contribution is 5.96. The molecule has 172 valence electrons. The second-order valence-electron chi connectivity index (χ2n) is 8.02. The van der Waals surface area contributed by atoms with Crippen LogP contribution >= 0.6 is 0 Å². The number of nitrogens with zero attached hydrogens (tertiary/aromatic N) is 3. The number of anilines is 1. The Bertz CT molecular complexity index is 1230. The summed E-state index contributed by atoms with van der Waals surface area (Å²) in [7, 11) is 1.40. The first-order chi connectivity index (χ1) is 16.7. The zero-order valence-electron chi connectivity index (χ0n) is 18.8. The average molecular weight is 456 g/mol. The van der Waals surface area contributed by atoms with Gasteiger partial charge in [0.25, 0.3) is 0 Å². The number of methoxy groups -OCH3 is 1. The molecule has 0 amide bonds. The molecule has 1 fully saturated rings. The van der Waals surface area contributed by atoms with E-state index in [1.54, 1.807) is 18.5 Å². The Morgan fingerprint density at radius 1 is 0.971 bits per heavy atom. The largest absolute Gasteiger partial charge is 0.489 e. The topological polar surface area (TPSA) is 65.8 Å². The van der Waals surface area contributed by atoms with Crippen LogP contribution in [0.25, 0.3) is 5.69 Å². The summed E-state index contributed by atoms with van der Waals surface area (Å²) in [6.07, 6.45) is 7.45. The van der Waals surface area contributed by atoms with Crippen LogP contribution in [0.4, 0.5) is 5.69 Å². The lowest BCUT2D eigenvalue weighted by atomic mass is 10.1.